The molecule has 0 amide bonds. The highest BCUT2D eigenvalue weighted by Gasteiger charge is 2.13. The van der Waals surface area contributed by atoms with Crippen LogP contribution in [0, 0.1) is 10.1 Å². The van der Waals surface area contributed by atoms with Crippen LogP contribution in [0.4, 0.5) is 5.69 Å². The van der Waals surface area contributed by atoms with Gasteiger partial charge < -0.3 is 10.5 Å². The monoisotopic (exact) mass is 238 g/mol. The van der Waals surface area contributed by atoms with Gasteiger partial charge in [0, 0.05) is 12.5 Å². The molecule has 0 spiro atoms. The topological polar surface area (TPSA) is 95.5 Å². The fourth-order valence-electron chi connectivity index (χ4n) is 1.29. The van der Waals surface area contributed by atoms with Gasteiger partial charge in [0.1, 0.15) is 6.61 Å². The minimum atomic E-state index is -0.497. The minimum absolute atomic E-state index is 0.0425. The normalized spacial score (nSPS) is 9.94. The van der Waals surface area contributed by atoms with Gasteiger partial charge >= 0.3 is 5.97 Å². The quantitative estimate of drug-likeness (QED) is 0.459. The number of hydrogen-bond acceptors (Lipinski definition) is 5. The molecule has 92 valence electrons. The molecule has 0 aromatic heterocycles. The molecule has 0 saturated carbocycles. The van der Waals surface area contributed by atoms with E-state index in [0.717, 1.165) is 0 Å². The number of hydrogen-bond donors (Lipinski definition) is 1. The molecule has 0 saturated heterocycles. The van der Waals surface area contributed by atoms with Gasteiger partial charge in [0.05, 0.1) is 10.5 Å². The number of nitrogens with two attached hydrogens (primary N) is 1. The van der Waals surface area contributed by atoms with Crippen molar-refractivity contribution in [3.63, 3.8) is 0 Å². The zero-order valence-electron chi connectivity index (χ0n) is 9.30. The van der Waals surface area contributed by atoms with Gasteiger partial charge in [-0.2, -0.15) is 0 Å². The molecule has 2 N–H and O–H groups in total. The molecule has 6 nitrogen and oxygen atoms in total. The molecule has 0 bridgehead atoms. The molecule has 0 aliphatic heterocycles. The van der Waals surface area contributed by atoms with Crippen molar-refractivity contribution >= 4 is 11.7 Å². The van der Waals surface area contributed by atoms with Crippen LogP contribution in [0.3, 0.4) is 0 Å². The standard InChI is InChI=1S/C11H14N2O4/c12-7-3-6-11(14)17-8-9-4-1-2-5-10(9)13(15)16/h1-2,4-5H,3,6-8,12H2. The second-order valence-electron chi connectivity index (χ2n) is 3.44. The number of carbonyl (C=O) groups is 1. The molecular weight excluding hydrogens is 224 g/mol. The third-order valence-electron chi connectivity index (χ3n) is 2.16. The van der Waals surface area contributed by atoms with E-state index in [1.54, 1.807) is 18.2 Å². The number of para-hydroxylation sites is 1. The zero-order valence-corrected chi connectivity index (χ0v) is 9.30. The second-order valence-corrected chi connectivity index (χ2v) is 3.44. The lowest BCUT2D eigenvalue weighted by Crippen LogP contribution is -2.08. The first kappa shape index (κ1) is 13.1. The summed E-state index contributed by atoms with van der Waals surface area (Å²) in [4.78, 5) is 21.4. The number of nitro groups is 1. The van der Waals surface area contributed by atoms with Gasteiger partial charge in [-0.15, -0.1) is 0 Å². The van der Waals surface area contributed by atoms with E-state index in [1.807, 2.05) is 0 Å². The van der Waals surface area contributed by atoms with Gasteiger partial charge in [-0.25, -0.2) is 0 Å². The van der Waals surface area contributed by atoms with E-state index in [2.05, 4.69) is 0 Å². The van der Waals surface area contributed by atoms with E-state index < -0.39 is 10.9 Å². The third-order valence-corrected chi connectivity index (χ3v) is 2.16. The fraction of sp³-hybridized carbons (Fsp3) is 0.364. The Morgan fingerprint density at radius 3 is 2.76 bits per heavy atom. The maximum absolute atomic E-state index is 11.2. The molecule has 0 fully saturated rings. The van der Waals surface area contributed by atoms with E-state index in [-0.39, 0.29) is 18.7 Å². The van der Waals surface area contributed by atoms with Crippen LogP contribution in [0.25, 0.3) is 0 Å². The van der Waals surface area contributed by atoms with E-state index >= 15 is 0 Å². The average molecular weight is 238 g/mol. The SMILES string of the molecule is NCCCC(=O)OCc1ccccc1[N+](=O)[O-]. The van der Waals surface area contributed by atoms with Gasteiger partial charge in [0.25, 0.3) is 5.69 Å². The van der Waals surface area contributed by atoms with E-state index in [4.69, 9.17) is 10.5 Å². The minimum Gasteiger partial charge on any atom is -0.461 e. The molecule has 0 atom stereocenters. The maximum Gasteiger partial charge on any atom is 0.306 e. The van der Waals surface area contributed by atoms with Crippen LogP contribution in [0.1, 0.15) is 18.4 Å². The van der Waals surface area contributed by atoms with E-state index in [1.165, 1.54) is 6.07 Å². The van der Waals surface area contributed by atoms with Crippen molar-refractivity contribution in [1.82, 2.24) is 0 Å². The lowest BCUT2D eigenvalue weighted by Gasteiger charge is -2.04. The van der Waals surface area contributed by atoms with Gasteiger partial charge in [-0.3, -0.25) is 14.9 Å². The van der Waals surface area contributed by atoms with Crippen LogP contribution in [-0.2, 0) is 16.1 Å². The predicted molar refractivity (Wildman–Crippen MR) is 61.2 cm³/mol. The number of nitro benzene ring substituents is 1. The Hall–Kier alpha value is -1.95. The van der Waals surface area contributed by atoms with Crippen LogP contribution >= 0.6 is 0 Å². The Morgan fingerprint density at radius 2 is 2.12 bits per heavy atom. The second kappa shape index (κ2) is 6.59. The lowest BCUT2D eigenvalue weighted by molar-refractivity contribution is -0.385. The molecule has 17 heavy (non-hydrogen) atoms. The number of esters is 1. The number of rotatable bonds is 6. The smallest absolute Gasteiger partial charge is 0.306 e. The molecule has 6 heteroatoms. The van der Waals surface area contributed by atoms with Crippen LogP contribution in [0.15, 0.2) is 24.3 Å². The first-order chi connectivity index (χ1) is 8.15. The highest BCUT2D eigenvalue weighted by molar-refractivity contribution is 5.69. The summed E-state index contributed by atoms with van der Waals surface area (Å²) >= 11 is 0. The summed E-state index contributed by atoms with van der Waals surface area (Å²) in [5.41, 5.74) is 5.60. The van der Waals surface area contributed by atoms with Crippen molar-refractivity contribution in [2.24, 2.45) is 5.73 Å². The van der Waals surface area contributed by atoms with E-state index in [9.17, 15) is 14.9 Å². The summed E-state index contributed by atoms with van der Waals surface area (Å²) in [6, 6.07) is 6.17. The molecule has 0 heterocycles. The third kappa shape index (κ3) is 4.20. The van der Waals surface area contributed by atoms with Gasteiger partial charge in [0.2, 0.25) is 0 Å². The maximum atomic E-state index is 11.2. The summed E-state index contributed by atoms with van der Waals surface area (Å²) in [6.45, 7) is 0.334. The van der Waals surface area contributed by atoms with Crippen LogP contribution in [-0.4, -0.2) is 17.4 Å². The first-order valence-corrected chi connectivity index (χ1v) is 5.23. The summed E-state index contributed by atoms with van der Waals surface area (Å²) in [6.07, 6.45) is 0.785. The number of nitrogens with zero attached hydrogens (tertiary/aromatic N) is 1. The Labute approximate surface area is 98.5 Å². The van der Waals surface area contributed by atoms with Crippen molar-refractivity contribution < 1.29 is 14.5 Å². The molecule has 1 rings (SSSR count). The van der Waals surface area contributed by atoms with Gasteiger partial charge in [-0.05, 0) is 19.0 Å². The summed E-state index contributed by atoms with van der Waals surface area (Å²) in [5, 5.41) is 10.7. The molecular formula is C11H14N2O4. The molecule has 1 aromatic rings. The zero-order chi connectivity index (χ0) is 12.7. The van der Waals surface area contributed by atoms with Crippen molar-refractivity contribution in [3.8, 4) is 0 Å². The Bertz CT molecular complexity index is 406. The van der Waals surface area contributed by atoms with Crippen LogP contribution in [0.2, 0.25) is 0 Å². The van der Waals surface area contributed by atoms with Crippen molar-refractivity contribution in [1.29, 1.82) is 0 Å². The van der Waals surface area contributed by atoms with Crippen molar-refractivity contribution in [3.05, 3.63) is 39.9 Å². The predicted octanol–water partition coefficient (Wildman–Crippen LogP) is 1.38. The molecule has 0 unspecified atom stereocenters. The van der Waals surface area contributed by atoms with Crippen LogP contribution < -0.4 is 5.73 Å². The Kier molecular flexibility index (Phi) is 5.09. The number of ether oxygens (including phenoxy) is 1. The lowest BCUT2D eigenvalue weighted by atomic mass is 10.2. The average Bonchev–Trinajstić information content (AvgIpc) is 2.34. The largest absolute Gasteiger partial charge is 0.461 e. The highest BCUT2D eigenvalue weighted by Crippen LogP contribution is 2.18. The fourth-order valence-corrected chi connectivity index (χ4v) is 1.29. The van der Waals surface area contributed by atoms with Crippen molar-refractivity contribution in [2.75, 3.05) is 6.54 Å². The molecule has 1 aromatic carbocycles. The molecule has 0 aliphatic carbocycles. The number of carbonyl (C=O) groups excluding carboxylic acids is 1. The van der Waals surface area contributed by atoms with Gasteiger partial charge in [0.15, 0.2) is 0 Å². The summed E-state index contributed by atoms with van der Waals surface area (Å²) in [5.74, 6) is -0.395. The van der Waals surface area contributed by atoms with Crippen LogP contribution in [0.5, 0.6) is 0 Å². The summed E-state index contributed by atoms with van der Waals surface area (Å²) in [7, 11) is 0. The highest BCUT2D eigenvalue weighted by atomic mass is 16.6. The summed E-state index contributed by atoms with van der Waals surface area (Å²) < 4.78 is 4.92. The van der Waals surface area contributed by atoms with Gasteiger partial charge in [-0.1, -0.05) is 12.1 Å². The first-order valence-electron chi connectivity index (χ1n) is 5.23. The van der Waals surface area contributed by atoms with Crippen molar-refractivity contribution in [2.45, 2.75) is 19.4 Å². The Balaban J connectivity index is 2.57. The molecule has 0 aliphatic rings. The Morgan fingerprint density at radius 1 is 1.41 bits per heavy atom. The molecule has 0 radical (unpaired) electrons. The van der Waals surface area contributed by atoms with E-state index in [0.29, 0.717) is 18.5 Å². The number of benzene rings is 1.